The molecule has 3 rings (SSSR count). The quantitative estimate of drug-likeness (QED) is 0.797. The van der Waals surface area contributed by atoms with Gasteiger partial charge in [-0.05, 0) is 12.1 Å². The Balaban J connectivity index is 1.75. The van der Waals surface area contributed by atoms with Crippen molar-refractivity contribution in [2.45, 2.75) is 0 Å². The minimum Gasteiger partial charge on any atom is -0.319 e. The van der Waals surface area contributed by atoms with Crippen molar-refractivity contribution in [2.75, 3.05) is 5.32 Å². The fraction of sp³-hybridized carbons (Fsp3) is 0. The van der Waals surface area contributed by atoms with Crippen molar-refractivity contribution in [1.29, 1.82) is 0 Å². The molecule has 0 saturated carbocycles. The second kappa shape index (κ2) is 5.54. The summed E-state index contributed by atoms with van der Waals surface area (Å²) in [6.07, 6.45) is 6.30. The Bertz CT molecular complexity index is 697. The van der Waals surface area contributed by atoms with E-state index in [0.29, 0.717) is 22.1 Å². The summed E-state index contributed by atoms with van der Waals surface area (Å²) in [4.78, 5) is 28.7. The molecule has 1 N–H and O–H groups in total. The van der Waals surface area contributed by atoms with Crippen LogP contribution in [0.15, 0.2) is 48.5 Å². The lowest BCUT2D eigenvalue weighted by molar-refractivity contribution is 0.103. The van der Waals surface area contributed by atoms with E-state index in [4.69, 9.17) is 0 Å². The summed E-state index contributed by atoms with van der Waals surface area (Å²) in [6, 6.07) is 5.52. The second-order valence-corrected chi connectivity index (χ2v) is 4.72. The molecule has 7 heteroatoms. The van der Waals surface area contributed by atoms with Gasteiger partial charge in [-0.25, -0.2) is 9.97 Å². The second-order valence-electron chi connectivity index (χ2n) is 3.83. The monoisotopic (exact) mass is 283 g/mol. The van der Waals surface area contributed by atoms with E-state index in [0.717, 1.165) is 0 Å². The van der Waals surface area contributed by atoms with Crippen molar-refractivity contribution in [3.63, 3.8) is 0 Å². The van der Waals surface area contributed by atoms with Gasteiger partial charge in [0.1, 0.15) is 10.6 Å². The highest BCUT2D eigenvalue weighted by molar-refractivity contribution is 7.11. The highest BCUT2D eigenvalue weighted by Crippen LogP contribution is 2.14. The number of carbonyl (C=O) groups is 1. The molecule has 3 aromatic rings. The van der Waals surface area contributed by atoms with Gasteiger partial charge in [0.2, 0.25) is 0 Å². The number of aromatic nitrogens is 4. The molecule has 20 heavy (non-hydrogen) atoms. The van der Waals surface area contributed by atoms with Crippen molar-refractivity contribution in [2.24, 2.45) is 0 Å². The first kappa shape index (κ1) is 12.4. The smallest absolute Gasteiger partial charge is 0.267 e. The van der Waals surface area contributed by atoms with Gasteiger partial charge < -0.3 is 5.32 Å². The normalized spacial score (nSPS) is 10.2. The van der Waals surface area contributed by atoms with E-state index in [2.05, 4.69) is 25.3 Å². The van der Waals surface area contributed by atoms with Crippen molar-refractivity contribution >= 4 is 22.9 Å². The largest absolute Gasteiger partial charge is 0.319 e. The van der Waals surface area contributed by atoms with Gasteiger partial charge in [-0.3, -0.25) is 14.8 Å². The molecule has 3 aromatic heterocycles. The van der Waals surface area contributed by atoms with E-state index in [9.17, 15) is 4.79 Å². The summed E-state index contributed by atoms with van der Waals surface area (Å²) >= 11 is 1.28. The molecule has 0 spiro atoms. The van der Waals surface area contributed by atoms with Crippen LogP contribution in [-0.4, -0.2) is 25.8 Å². The summed E-state index contributed by atoms with van der Waals surface area (Å²) < 4.78 is 0. The van der Waals surface area contributed by atoms with Crippen molar-refractivity contribution in [3.8, 4) is 11.5 Å². The van der Waals surface area contributed by atoms with Gasteiger partial charge in [0.25, 0.3) is 5.91 Å². The Morgan fingerprint density at radius 2 is 1.95 bits per heavy atom. The number of nitrogens with one attached hydrogen (secondary N) is 1. The SMILES string of the molecule is O=C(Nc1cnc(-c2ccccn2)nc1)c1cncs1. The molecule has 0 unspecified atom stereocenters. The van der Waals surface area contributed by atoms with Crippen LogP contribution in [0.4, 0.5) is 5.69 Å². The molecule has 0 aliphatic rings. The number of rotatable bonds is 3. The summed E-state index contributed by atoms with van der Waals surface area (Å²) in [7, 11) is 0. The third kappa shape index (κ3) is 2.67. The first-order valence-electron chi connectivity index (χ1n) is 5.76. The van der Waals surface area contributed by atoms with Gasteiger partial charge in [-0.1, -0.05) is 6.07 Å². The molecule has 0 aliphatic heterocycles. The fourth-order valence-corrected chi connectivity index (χ4v) is 2.06. The molecule has 98 valence electrons. The van der Waals surface area contributed by atoms with Crippen LogP contribution in [0.5, 0.6) is 0 Å². The standard InChI is InChI=1S/C13H9N5OS/c19-13(11-7-14-8-20-11)18-9-5-16-12(17-6-9)10-3-1-2-4-15-10/h1-8H,(H,18,19). The number of carbonyl (C=O) groups excluding carboxylic acids is 1. The minimum atomic E-state index is -0.221. The first-order valence-corrected chi connectivity index (χ1v) is 6.64. The van der Waals surface area contributed by atoms with E-state index in [1.165, 1.54) is 17.5 Å². The Hall–Kier alpha value is -2.67. The number of hydrogen-bond acceptors (Lipinski definition) is 6. The minimum absolute atomic E-state index is 0.221. The summed E-state index contributed by atoms with van der Waals surface area (Å²) in [5.74, 6) is 0.295. The number of thiazole rings is 1. The van der Waals surface area contributed by atoms with Gasteiger partial charge in [-0.15, -0.1) is 11.3 Å². The lowest BCUT2D eigenvalue weighted by Gasteiger charge is -2.03. The lowest BCUT2D eigenvalue weighted by atomic mass is 10.3. The third-order valence-corrected chi connectivity index (χ3v) is 3.23. The maximum atomic E-state index is 11.8. The number of amides is 1. The molecular formula is C13H9N5OS. The fourth-order valence-electron chi connectivity index (χ4n) is 1.54. The molecule has 0 aromatic carbocycles. The average Bonchev–Trinajstić information content (AvgIpc) is 3.03. The van der Waals surface area contributed by atoms with Crippen molar-refractivity contribution in [1.82, 2.24) is 19.9 Å². The van der Waals surface area contributed by atoms with E-state index in [1.54, 1.807) is 24.1 Å². The van der Waals surface area contributed by atoms with Crippen molar-refractivity contribution in [3.05, 3.63) is 53.4 Å². The lowest BCUT2D eigenvalue weighted by Crippen LogP contribution is -2.10. The van der Waals surface area contributed by atoms with Gasteiger partial charge in [0.05, 0.1) is 29.8 Å². The van der Waals surface area contributed by atoms with Gasteiger partial charge >= 0.3 is 0 Å². The summed E-state index contributed by atoms with van der Waals surface area (Å²) in [5, 5.41) is 2.71. The molecule has 0 atom stereocenters. The Morgan fingerprint density at radius 3 is 2.60 bits per heavy atom. The van der Waals surface area contributed by atoms with E-state index >= 15 is 0 Å². The predicted molar refractivity (Wildman–Crippen MR) is 75.3 cm³/mol. The van der Waals surface area contributed by atoms with Crippen LogP contribution in [0, 0.1) is 0 Å². The van der Waals surface area contributed by atoms with Crippen LogP contribution in [0.2, 0.25) is 0 Å². The number of pyridine rings is 1. The number of anilines is 1. The zero-order valence-electron chi connectivity index (χ0n) is 10.2. The zero-order valence-corrected chi connectivity index (χ0v) is 11.0. The molecule has 0 saturated heterocycles. The van der Waals surface area contributed by atoms with Gasteiger partial charge in [-0.2, -0.15) is 0 Å². The Morgan fingerprint density at radius 1 is 1.10 bits per heavy atom. The first-order chi connectivity index (χ1) is 9.83. The van der Waals surface area contributed by atoms with Crippen LogP contribution in [-0.2, 0) is 0 Å². The molecule has 0 aliphatic carbocycles. The van der Waals surface area contributed by atoms with Crippen LogP contribution < -0.4 is 5.32 Å². The molecule has 0 radical (unpaired) electrons. The zero-order chi connectivity index (χ0) is 13.8. The number of nitrogens with zero attached hydrogens (tertiary/aromatic N) is 4. The van der Waals surface area contributed by atoms with Crippen LogP contribution >= 0.6 is 11.3 Å². The molecule has 1 amide bonds. The predicted octanol–water partition coefficient (Wildman–Crippen LogP) is 2.25. The van der Waals surface area contributed by atoms with Gasteiger partial charge in [0.15, 0.2) is 5.82 Å². The van der Waals surface area contributed by atoms with Gasteiger partial charge in [0, 0.05) is 6.20 Å². The molecule has 6 nitrogen and oxygen atoms in total. The molecule has 0 fully saturated rings. The summed E-state index contributed by atoms with van der Waals surface area (Å²) in [6.45, 7) is 0. The highest BCUT2D eigenvalue weighted by Gasteiger charge is 2.08. The molecule has 3 heterocycles. The summed E-state index contributed by atoms with van der Waals surface area (Å²) in [5.41, 5.74) is 2.83. The van der Waals surface area contributed by atoms with Crippen LogP contribution in [0.1, 0.15) is 9.67 Å². The van der Waals surface area contributed by atoms with Crippen LogP contribution in [0.25, 0.3) is 11.5 Å². The molecular weight excluding hydrogens is 274 g/mol. The highest BCUT2D eigenvalue weighted by atomic mass is 32.1. The maximum Gasteiger partial charge on any atom is 0.267 e. The van der Waals surface area contributed by atoms with Crippen molar-refractivity contribution < 1.29 is 4.79 Å². The van der Waals surface area contributed by atoms with E-state index < -0.39 is 0 Å². The van der Waals surface area contributed by atoms with Crippen LogP contribution in [0.3, 0.4) is 0 Å². The number of hydrogen-bond donors (Lipinski definition) is 1. The average molecular weight is 283 g/mol. The third-order valence-electron chi connectivity index (χ3n) is 2.46. The topological polar surface area (TPSA) is 80.7 Å². The Labute approximate surface area is 118 Å². The van der Waals surface area contributed by atoms with E-state index in [1.807, 2.05) is 18.2 Å². The maximum absolute atomic E-state index is 11.8. The Kier molecular flexibility index (Phi) is 3.42. The van der Waals surface area contributed by atoms with E-state index in [-0.39, 0.29) is 5.91 Å². The molecule has 0 bridgehead atoms.